The lowest BCUT2D eigenvalue weighted by Gasteiger charge is -2.18. The zero-order chi connectivity index (χ0) is 26.0. The molecule has 0 fully saturated rings. The summed E-state index contributed by atoms with van der Waals surface area (Å²) in [5, 5.41) is 0. The lowest BCUT2D eigenvalue weighted by molar-refractivity contribution is -0.185. The van der Waals surface area contributed by atoms with Gasteiger partial charge in [0.2, 0.25) is 0 Å². The predicted molar refractivity (Wildman–Crippen MR) is 132 cm³/mol. The van der Waals surface area contributed by atoms with Crippen LogP contribution in [0.1, 0.15) is 29.5 Å². The third kappa shape index (κ3) is 8.26. The monoisotopic (exact) mass is 500 g/mol. The van der Waals surface area contributed by atoms with Crippen LogP contribution in [0.4, 0.5) is 24.5 Å². The summed E-state index contributed by atoms with van der Waals surface area (Å²) < 4.78 is 56.6. The minimum absolute atomic E-state index is 0.00647. The molecular formula is C27H27F3N2O4. The molecule has 0 amide bonds. The largest absolute Gasteiger partial charge is 0.494 e. The first-order valence-corrected chi connectivity index (χ1v) is 11.2. The molecule has 4 N–H and O–H groups in total. The van der Waals surface area contributed by atoms with E-state index in [4.69, 9.17) is 25.7 Å². The van der Waals surface area contributed by atoms with Gasteiger partial charge in [-0.15, -0.1) is 0 Å². The maximum Gasteiger partial charge on any atom is 0.426 e. The number of benzene rings is 3. The van der Waals surface area contributed by atoms with Crippen LogP contribution in [0.5, 0.6) is 11.5 Å². The van der Waals surface area contributed by atoms with Crippen molar-refractivity contribution >= 4 is 23.4 Å². The highest BCUT2D eigenvalue weighted by Gasteiger charge is 2.34. The molecular weight excluding hydrogens is 473 g/mol. The lowest BCUT2D eigenvalue weighted by atomic mass is 10.2. The van der Waals surface area contributed by atoms with Crippen LogP contribution in [0, 0.1) is 0 Å². The van der Waals surface area contributed by atoms with Gasteiger partial charge in [0.25, 0.3) is 0 Å². The maximum atomic E-state index is 14.6. The molecule has 190 valence electrons. The maximum absolute atomic E-state index is 14.6. The fourth-order valence-electron chi connectivity index (χ4n) is 3.18. The van der Waals surface area contributed by atoms with E-state index in [-0.39, 0.29) is 17.9 Å². The van der Waals surface area contributed by atoms with Crippen molar-refractivity contribution in [3.63, 3.8) is 0 Å². The molecule has 0 saturated heterocycles. The second-order valence-corrected chi connectivity index (χ2v) is 7.91. The van der Waals surface area contributed by atoms with Gasteiger partial charge in [-0.25, -0.2) is 4.79 Å². The number of halogens is 3. The molecule has 36 heavy (non-hydrogen) atoms. The molecule has 9 heteroatoms. The summed E-state index contributed by atoms with van der Waals surface area (Å²) in [6, 6.07) is 16.0. The summed E-state index contributed by atoms with van der Waals surface area (Å²) in [6.45, 7) is -0.102. The lowest BCUT2D eigenvalue weighted by Crippen LogP contribution is -2.21. The SMILES string of the molecule is Nc1cc(N)cc(COC(=O)/C=C/c2ccc(OC(F)(F)c3ccc(OCCCCF)cc3)cc2)c1. The van der Waals surface area contributed by atoms with E-state index in [1.807, 2.05) is 0 Å². The third-order valence-electron chi connectivity index (χ3n) is 4.94. The summed E-state index contributed by atoms with van der Waals surface area (Å²) in [6.07, 6.45) is 0.0786. The van der Waals surface area contributed by atoms with Crippen LogP contribution in [0.2, 0.25) is 0 Å². The van der Waals surface area contributed by atoms with Crippen molar-refractivity contribution < 1.29 is 32.2 Å². The first-order chi connectivity index (χ1) is 17.2. The van der Waals surface area contributed by atoms with Crippen molar-refractivity contribution in [3.8, 4) is 11.5 Å². The Hall–Kier alpha value is -4.14. The van der Waals surface area contributed by atoms with Gasteiger partial charge in [-0.05, 0) is 84.6 Å². The summed E-state index contributed by atoms with van der Waals surface area (Å²) in [4.78, 5) is 12.0. The Morgan fingerprint density at radius 3 is 2.17 bits per heavy atom. The topological polar surface area (TPSA) is 96.8 Å². The van der Waals surface area contributed by atoms with Crippen molar-refractivity contribution in [2.24, 2.45) is 0 Å². The van der Waals surface area contributed by atoms with E-state index in [1.165, 1.54) is 60.7 Å². The Kier molecular flexibility index (Phi) is 9.21. The molecule has 0 aromatic heterocycles. The summed E-state index contributed by atoms with van der Waals surface area (Å²) in [5.74, 6) is -0.219. The summed E-state index contributed by atoms with van der Waals surface area (Å²) in [5.41, 5.74) is 13.3. The van der Waals surface area contributed by atoms with Crippen molar-refractivity contribution in [3.05, 3.63) is 89.5 Å². The number of esters is 1. The zero-order valence-corrected chi connectivity index (χ0v) is 19.5. The highest BCUT2D eigenvalue weighted by molar-refractivity contribution is 5.87. The van der Waals surface area contributed by atoms with E-state index in [9.17, 15) is 18.0 Å². The van der Waals surface area contributed by atoms with Gasteiger partial charge >= 0.3 is 12.1 Å². The Morgan fingerprint density at radius 1 is 0.889 bits per heavy atom. The number of hydrogen-bond donors (Lipinski definition) is 2. The van der Waals surface area contributed by atoms with Crippen LogP contribution in [-0.2, 0) is 22.2 Å². The van der Waals surface area contributed by atoms with Crippen LogP contribution in [-0.4, -0.2) is 19.3 Å². The Morgan fingerprint density at radius 2 is 1.53 bits per heavy atom. The second kappa shape index (κ2) is 12.5. The van der Waals surface area contributed by atoms with Gasteiger partial charge in [0.1, 0.15) is 18.1 Å². The molecule has 0 aliphatic rings. The molecule has 3 aromatic rings. The second-order valence-electron chi connectivity index (χ2n) is 7.91. The molecule has 0 unspecified atom stereocenters. The van der Waals surface area contributed by atoms with E-state index in [0.29, 0.717) is 47.7 Å². The first-order valence-electron chi connectivity index (χ1n) is 11.2. The number of nitrogen functional groups attached to an aromatic ring is 2. The number of hydrogen-bond acceptors (Lipinski definition) is 6. The van der Waals surface area contributed by atoms with Crippen molar-refractivity contribution in [1.29, 1.82) is 0 Å². The van der Waals surface area contributed by atoms with Gasteiger partial charge in [-0.3, -0.25) is 4.39 Å². The average molecular weight is 501 g/mol. The van der Waals surface area contributed by atoms with E-state index in [0.717, 1.165) is 0 Å². The fourth-order valence-corrected chi connectivity index (χ4v) is 3.18. The van der Waals surface area contributed by atoms with Gasteiger partial charge in [0, 0.05) is 17.5 Å². The molecule has 3 rings (SSSR count). The van der Waals surface area contributed by atoms with Crippen LogP contribution in [0.15, 0.2) is 72.8 Å². The zero-order valence-electron chi connectivity index (χ0n) is 19.5. The van der Waals surface area contributed by atoms with Crippen molar-refractivity contribution in [1.82, 2.24) is 0 Å². The van der Waals surface area contributed by atoms with Gasteiger partial charge in [0.15, 0.2) is 0 Å². The third-order valence-corrected chi connectivity index (χ3v) is 4.94. The summed E-state index contributed by atoms with van der Waals surface area (Å²) in [7, 11) is 0. The number of ether oxygens (including phenoxy) is 3. The summed E-state index contributed by atoms with van der Waals surface area (Å²) >= 11 is 0. The average Bonchev–Trinajstić information content (AvgIpc) is 2.84. The molecule has 0 spiro atoms. The number of carbonyl (C=O) groups excluding carboxylic acids is 1. The first kappa shape index (κ1) is 26.5. The van der Waals surface area contributed by atoms with Crippen molar-refractivity contribution in [2.75, 3.05) is 24.7 Å². The van der Waals surface area contributed by atoms with E-state index < -0.39 is 18.8 Å². The van der Waals surface area contributed by atoms with Crippen LogP contribution in [0.3, 0.4) is 0 Å². The number of unbranched alkanes of at least 4 members (excludes halogenated alkanes) is 1. The van der Waals surface area contributed by atoms with Crippen LogP contribution < -0.4 is 20.9 Å². The standard InChI is InChI=1S/C27H27F3N2O4/c28-13-1-2-14-34-24-10-6-21(7-11-24)27(29,30)36-25-8-3-19(4-9-25)5-12-26(33)35-18-20-15-22(31)17-23(32)16-20/h3-12,15-17H,1-2,13-14,18,31-32H2/b12-5+. The normalized spacial score (nSPS) is 11.4. The minimum Gasteiger partial charge on any atom is -0.494 e. The van der Waals surface area contributed by atoms with E-state index >= 15 is 0 Å². The van der Waals surface area contributed by atoms with Gasteiger partial charge < -0.3 is 25.7 Å². The smallest absolute Gasteiger partial charge is 0.426 e. The Balaban J connectivity index is 1.51. The molecule has 0 saturated carbocycles. The molecule has 0 radical (unpaired) electrons. The highest BCUT2D eigenvalue weighted by Crippen LogP contribution is 2.32. The highest BCUT2D eigenvalue weighted by atomic mass is 19.3. The van der Waals surface area contributed by atoms with Gasteiger partial charge in [-0.2, -0.15) is 8.78 Å². The van der Waals surface area contributed by atoms with Crippen LogP contribution >= 0.6 is 0 Å². The number of nitrogens with two attached hydrogens (primary N) is 2. The van der Waals surface area contributed by atoms with E-state index in [1.54, 1.807) is 18.2 Å². The number of rotatable bonds is 12. The van der Waals surface area contributed by atoms with E-state index in [2.05, 4.69) is 0 Å². The molecule has 0 aliphatic carbocycles. The van der Waals surface area contributed by atoms with Crippen molar-refractivity contribution in [2.45, 2.75) is 25.6 Å². The predicted octanol–water partition coefficient (Wildman–Crippen LogP) is 5.86. The molecule has 3 aromatic carbocycles. The molecule has 0 aliphatic heterocycles. The molecule has 6 nitrogen and oxygen atoms in total. The fraction of sp³-hybridized carbons (Fsp3) is 0.222. The number of alkyl halides is 3. The Bertz CT molecular complexity index is 1150. The molecule has 0 atom stereocenters. The Labute approximate surface area is 207 Å². The van der Waals surface area contributed by atoms with Gasteiger partial charge in [0.05, 0.1) is 18.8 Å². The van der Waals surface area contributed by atoms with Crippen LogP contribution in [0.25, 0.3) is 6.08 Å². The molecule has 0 bridgehead atoms. The molecule has 0 heterocycles. The quantitative estimate of drug-likeness (QED) is 0.140. The number of anilines is 2. The minimum atomic E-state index is -3.57. The van der Waals surface area contributed by atoms with Gasteiger partial charge in [-0.1, -0.05) is 12.1 Å². The number of carbonyl (C=O) groups is 1.